The van der Waals surface area contributed by atoms with Gasteiger partial charge in [0.1, 0.15) is 23.4 Å². The van der Waals surface area contributed by atoms with Gasteiger partial charge in [-0.25, -0.2) is 13.5 Å². The van der Waals surface area contributed by atoms with Crippen LogP contribution in [0.5, 0.6) is 0 Å². The maximum absolute atomic E-state index is 14.5. The second-order valence-electron chi connectivity index (χ2n) is 13.0. The highest BCUT2D eigenvalue weighted by atomic mass is 19.1. The van der Waals surface area contributed by atoms with Gasteiger partial charge in [-0.15, -0.1) is 5.10 Å². The zero-order valence-corrected chi connectivity index (χ0v) is 21.1. The molecule has 8 atom stereocenters. The molecule has 2 aromatic rings. The maximum atomic E-state index is 14.5. The van der Waals surface area contributed by atoms with E-state index in [1.807, 2.05) is 6.92 Å². The summed E-state index contributed by atoms with van der Waals surface area (Å²) in [6.45, 7) is 6.79. The Morgan fingerprint density at radius 1 is 1.03 bits per heavy atom. The molecular weight excluding hydrogens is 448 g/mol. The van der Waals surface area contributed by atoms with E-state index >= 15 is 0 Å². The molecule has 5 nitrogen and oxygen atoms in total. The highest BCUT2D eigenvalue weighted by Crippen LogP contribution is 2.68. The number of nitrogens with zero attached hydrogens (tertiary/aromatic N) is 3. The number of rotatable bonds is 3. The van der Waals surface area contributed by atoms with Crippen molar-refractivity contribution in [1.29, 1.82) is 0 Å². The van der Waals surface area contributed by atoms with Crippen LogP contribution in [0.15, 0.2) is 12.1 Å². The summed E-state index contributed by atoms with van der Waals surface area (Å²) in [6.07, 6.45) is 9.44. The molecular formula is C28H37F2N3O2. The largest absolute Gasteiger partial charge is 0.390 e. The van der Waals surface area contributed by atoms with Gasteiger partial charge in [-0.1, -0.05) is 19.1 Å². The number of halogens is 2. The lowest BCUT2D eigenvalue weighted by Crippen LogP contribution is -2.55. The first-order chi connectivity index (χ1) is 16.5. The number of aliphatic hydroxyl groups is 1. The molecule has 1 aromatic carbocycles. The Morgan fingerprint density at radius 3 is 2.60 bits per heavy atom. The van der Waals surface area contributed by atoms with Crippen LogP contribution in [0.2, 0.25) is 0 Å². The standard InChI is InChI=1S/C28H37F2N3O2/c1-26(35)10-11-27(2)16(14-26)4-5-18-19-6-7-21(28(19,3)9-8-20(18)27)24(34)15-33-25-22(30)12-17(29)13-23(25)31-32-33/h12-13,16,18-21,35H,4-11,14-15H2,1-3H3/t16-,18+,19+,20+,21-,26-,27+,28+/m1/s1. The summed E-state index contributed by atoms with van der Waals surface area (Å²) in [7, 11) is 0. The average molecular weight is 486 g/mol. The Bertz CT molecular complexity index is 1180. The third kappa shape index (κ3) is 3.51. The lowest BCUT2D eigenvalue weighted by Gasteiger charge is -2.61. The summed E-state index contributed by atoms with van der Waals surface area (Å²) in [5.74, 6) is 1.05. The van der Waals surface area contributed by atoms with Crippen LogP contribution in [0, 0.1) is 52.1 Å². The van der Waals surface area contributed by atoms with Gasteiger partial charge in [-0.05, 0) is 99.2 Å². The van der Waals surface area contributed by atoms with Gasteiger partial charge in [0.25, 0.3) is 0 Å². The second kappa shape index (κ2) is 7.80. The third-order valence-electron chi connectivity index (χ3n) is 11.2. The molecule has 0 aliphatic heterocycles. The summed E-state index contributed by atoms with van der Waals surface area (Å²) in [5.41, 5.74) is -0.0312. The van der Waals surface area contributed by atoms with Crippen molar-refractivity contribution in [2.75, 3.05) is 0 Å². The minimum absolute atomic E-state index is 0.0189. The van der Waals surface area contributed by atoms with Gasteiger partial charge >= 0.3 is 0 Å². The van der Waals surface area contributed by atoms with E-state index in [9.17, 15) is 18.7 Å². The van der Waals surface area contributed by atoms with Crippen molar-refractivity contribution in [2.45, 2.75) is 90.7 Å². The van der Waals surface area contributed by atoms with Gasteiger partial charge in [0.15, 0.2) is 11.6 Å². The topological polar surface area (TPSA) is 68.0 Å². The predicted octanol–water partition coefficient (Wildman–Crippen LogP) is 5.69. The van der Waals surface area contributed by atoms with Crippen LogP contribution in [0.4, 0.5) is 8.78 Å². The molecule has 0 amide bonds. The molecule has 6 rings (SSSR count). The van der Waals surface area contributed by atoms with Crippen LogP contribution in [0.1, 0.15) is 78.6 Å². The Morgan fingerprint density at radius 2 is 1.80 bits per heavy atom. The highest BCUT2D eigenvalue weighted by molar-refractivity contribution is 5.84. The van der Waals surface area contributed by atoms with E-state index < -0.39 is 17.2 Å². The van der Waals surface area contributed by atoms with E-state index in [0.717, 1.165) is 57.1 Å². The molecule has 1 N–H and O–H groups in total. The van der Waals surface area contributed by atoms with Crippen LogP contribution in [-0.2, 0) is 11.3 Å². The number of Topliss-reactive ketones (excluding diaryl/α,β-unsaturated/α-hetero) is 1. The van der Waals surface area contributed by atoms with Gasteiger partial charge in [-0.3, -0.25) is 4.79 Å². The molecule has 4 fully saturated rings. The van der Waals surface area contributed by atoms with Crippen molar-refractivity contribution in [1.82, 2.24) is 15.0 Å². The van der Waals surface area contributed by atoms with Crippen molar-refractivity contribution >= 4 is 16.8 Å². The molecule has 0 bridgehead atoms. The van der Waals surface area contributed by atoms with E-state index in [-0.39, 0.29) is 34.7 Å². The van der Waals surface area contributed by atoms with E-state index in [1.54, 1.807) is 0 Å². The molecule has 0 spiro atoms. The first-order valence-electron chi connectivity index (χ1n) is 13.5. The summed E-state index contributed by atoms with van der Waals surface area (Å²) < 4.78 is 29.3. The molecule has 190 valence electrons. The van der Waals surface area contributed by atoms with Crippen molar-refractivity contribution in [3.8, 4) is 0 Å². The van der Waals surface area contributed by atoms with E-state index in [1.165, 1.54) is 17.5 Å². The number of hydrogen-bond donors (Lipinski definition) is 1. The number of carbonyl (C=O) groups excluding carboxylic acids is 1. The molecule has 0 unspecified atom stereocenters. The highest BCUT2D eigenvalue weighted by Gasteiger charge is 2.61. The quantitative estimate of drug-likeness (QED) is 0.607. The van der Waals surface area contributed by atoms with E-state index in [0.29, 0.717) is 29.1 Å². The lowest BCUT2D eigenvalue weighted by atomic mass is 9.44. The molecule has 0 radical (unpaired) electrons. The SMILES string of the molecule is C[C@@]1(O)CC[C@@]2(C)[C@H](CC[C@@H]3[C@@H]2CC[C@]2(C)[C@@H](C(=O)Cn4nnc5cc(F)cc(F)c54)CC[C@@H]32)C1. The predicted molar refractivity (Wildman–Crippen MR) is 128 cm³/mol. The Labute approximate surface area is 205 Å². The molecule has 1 aromatic heterocycles. The van der Waals surface area contributed by atoms with Gasteiger partial charge in [0.05, 0.1) is 5.60 Å². The number of fused-ring (bicyclic) bond motifs is 6. The molecule has 35 heavy (non-hydrogen) atoms. The van der Waals surface area contributed by atoms with E-state index in [4.69, 9.17) is 0 Å². The van der Waals surface area contributed by atoms with Gasteiger partial charge < -0.3 is 5.11 Å². The van der Waals surface area contributed by atoms with Crippen LogP contribution in [0.3, 0.4) is 0 Å². The minimum Gasteiger partial charge on any atom is -0.390 e. The Hall–Kier alpha value is -1.89. The van der Waals surface area contributed by atoms with Crippen LogP contribution < -0.4 is 0 Å². The van der Waals surface area contributed by atoms with Crippen LogP contribution >= 0.6 is 0 Å². The first kappa shape index (κ1) is 23.5. The number of hydrogen-bond acceptors (Lipinski definition) is 4. The number of ketones is 1. The fourth-order valence-electron chi connectivity index (χ4n) is 9.36. The molecule has 7 heteroatoms. The Kier molecular flexibility index (Phi) is 5.24. The van der Waals surface area contributed by atoms with Crippen molar-refractivity contribution in [3.63, 3.8) is 0 Å². The molecule has 0 saturated heterocycles. The second-order valence-corrected chi connectivity index (χ2v) is 13.0. The first-order valence-corrected chi connectivity index (χ1v) is 13.5. The van der Waals surface area contributed by atoms with E-state index in [2.05, 4.69) is 24.2 Å². The Balaban J connectivity index is 1.22. The number of carbonyl (C=O) groups is 1. The molecule has 4 aliphatic rings. The van der Waals surface area contributed by atoms with Crippen molar-refractivity contribution < 1.29 is 18.7 Å². The molecule has 4 saturated carbocycles. The van der Waals surface area contributed by atoms with Gasteiger partial charge in [-0.2, -0.15) is 0 Å². The summed E-state index contributed by atoms with van der Waals surface area (Å²) >= 11 is 0. The third-order valence-corrected chi connectivity index (χ3v) is 11.2. The summed E-state index contributed by atoms with van der Waals surface area (Å²) in [4.78, 5) is 13.6. The monoisotopic (exact) mass is 485 g/mol. The van der Waals surface area contributed by atoms with Crippen LogP contribution in [0.25, 0.3) is 11.0 Å². The number of aromatic nitrogens is 3. The normalized spacial score (nSPS) is 43.0. The van der Waals surface area contributed by atoms with Crippen LogP contribution in [-0.4, -0.2) is 31.5 Å². The summed E-state index contributed by atoms with van der Waals surface area (Å²) in [5, 5.41) is 18.6. The van der Waals surface area contributed by atoms with Crippen molar-refractivity contribution in [3.05, 3.63) is 23.8 Å². The fraction of sp³-hybridized carbons (Fsp3) is 0.750. The fourth-order valence-corrected chi connectivity index (χ4v) is 9.36. The smallest absolute Gasteiger partial charge is 0.157 e. The molecule has 1 heterocycles. The zero-order valence-electron chi connectivity index (χ0n) is 21.1. The zero-order chi connectivity index (χ0) is 24.8. The average Bonchev–Trinajstić information content (AvgIpc) is 3.34. The minimum atomic E-state index is -0.731. The summed E-state index contributed by atoms with van der Waals surface area (Å²) in [6, 6.07) is 1.98. The maximum Gasteiger partial charge on any atom is 0.157 e. The van der Waals surface area contributed by atoms with Gasteiger partial charge in [0, 0.05) is 18.1 Å². The van der Waals surface area contributed by atoms with Crippen molar-refractivity contribution in [2.24, 2.45) is 40.4 Å². The molecule has 4 aliphatic carbocycles. The number of benzene rings is 1. The lowest BCUT2D eigenvalue weighted by molar-refractivity contribution is -0.151. The van der Waals surface area contributed by atoms with Gasteiger partial charge in [0.2, 0.25) is 0 Å².